The van der Waals surface area contributed by atoms with Crippen LogP contribution < -0.4 is 5.32 Å². The summed E-state index contributed by atoms with van der Waals surface area (Å²) in [5.74, 6) is 0. The Kier molecular flexibility index (Phi) is 1.29. The summed E-state index contributed by atoms with van der Waals surface area (Å²) >= 11 is 0. The molecule has 3 saturated heterocycles. The third kappa shape index (κ3) is 0.798. The molecule has 3 atom stereocenters. The molecule has 0 aromatic rings. The molecule has 0 aromatic carbocycles. The predicted molar refractivity (Wildman–Crippen MR) is 44.5 cm³/mol. The average molecular weight is 152 g/mol. The fourth-order valence-electron chi connectivity index (χ4n) is 3.23. The largest absolute Gasteiger partial charge is 0.312 e. The zero-order valence-electron chi connectivity index (χ0n) is 6.92. The van der Waals surface area contributed by atoms with E-state index in [1.54, 1.807) is 0 Å². The zero-order chi connectivity index (χ0) is 7.26. The number of nitrogens with one attached hydrogen (secondary N) is 1. The fourth-order valence-corrected chi connectivity index (χ4v) is 3.23. The summed E-state index contributed by atoms with van der Waals surface area (Å²) in [7, 11) is 0. The van der Waals surface area contributed by atoms with Crippen molar-refractivity contribution >= 4 is 0 Å². The summed E-state index contributed by atoms with van der Waals surface area (Å²) in [5, 5.41) is 3.61. The molecule has 0 aromatic heterocycles. The summed E-state index contributed by atoms with van der Waals surface area (Å²) in [5.41, 5.74) is 0. The number of fused-ring (bicyclic) bond motifs is 3. The second-order valence-corrected chi connectivity index (χ2v) is 4.19. The highest BCUT2D eigenvalue weighted by atomic mass is 15.3. The molecule has 62 valence electrons. The van der Waals surface area contributed by atoms with Gasteiger partial charge in [0.05, 0.1) is 0 Å². The molecule has 2 nitrogen and oxygen atoms in total. The fraction of sp³-hybridized carbons (Fsp3) is 1.00. The lowest BCUT2D eigenvalue weighted by atomic mass is 10.1. The lowest BCUT2D eigenvalue weighted by Crippen LogP contribution is -2.34. The molecular formula is C9H16N2. The number of nitrogens with zero attached hydrogens (tertiary/aromatic N) is 1. The molecule has 2 heteroatoms. The first-order valence-corrected chi connectivity index (χ1v) is 4.94. The molecule has 11 heavy (non-hydrogen) atoms. The molecule has 0 spiro atoms. The van der Waals surface area contributed by atoms with Gasteiger partial charge in [-0.25, -0.2) is 0 Å². The third-order valence-electron chi connectivity index (χ3n) is 3.69. The van der Waals surface area contributed by atoms with Gasteiger partial charge in [0.1, 0.15) is 0 Å². The van der Waals surface area contributed by atoms with Gasteiger partial charge in [-0.3, -0.25) is 4.90 Å². The highest BCUT2D eigenvalue weighted by Crippen LogP contribution is 2.36. The minimum Gasteiger partial charge on any atom is -0.312 e. The van der Waals surface area contributed by atoms with Gasteiger partial charge in [-0.15, -0.1) is 0 Å². The minimum absolute atomic E-state index is 0.861. The Bertz CT molecular complexity index is 151. The lowest BCUT2D eigenvalue weighted by molar-refractivity contribution is 0.245. The molecule has 0 saturated carbocycles. The molecule has 3 fully saturated rings. The van der Waals surface area contributed by atoms with Gasteiger partial charge in [0.15, 0.2) is 0 Å². The zero-order valence-corrected chi connectivity index (χ0v) is 6.92. The average Bonchev–Trinajstić information content (AvgIpc) is 2.52. The molecule has 0 radical (unpaired) electrons. The van der Waals surface area contributed by atoms with Gasteiger partial charge >= 0.3 is 0 Å². The summed E-state index contributed by atoms with van der Waals surface area (Å²) < 4.78 is 0. The van der Waals surface area contributed by atoms with Crippen molar-refractivity contribution in [2.24, 2.45) is 0 Å². The SMILES string of the molecule is C1CC2CC3NCCC3N2C1. The highest BCUT2D eigenvalue weighted by molar-refractivity contribution is 5.03. The molecule has 0 aliphatic carbocycles. The first-order valence-electron chi connectivity index (χ1n) is 4.94. The van der Waals surface area contributed by atoms with Crippen molar-refractivity contribution in [2.45, 2.75) is 43.8 Å². The standard InChI is InChI=1S/C9H16N2/c1-2-7-6-8-9(3-4-10-8)11(7)5-1/h7-10H,1-6H2. The second-order valence-electron chi connectivity index (χ2n) is 4.19. The maximum absolute atomic E-state index is 3.61. The van der Waals surface area contributed by atoms with Crippen molar-refractivity contribution in [1.82, 2.24) is 10.2 Å². The van der Waals surface area contributed by atoms with Gasteiger partial charge in [0.2, 0.25) is 0 Å². The van der Waals surface area contributed by atoms with E-state index in [1.807, 2.05) is 0 Å². The van der Waals surface area contributed by atoms with E-state index in [0.717, 1.165) is 18.1 Å². The third-order valence-corrected chi connectivity index (χ3v) is 3.69. The Balaban J connectivity index is 1.84. The van der Waals surface area contributed by atoms with Crippen LogP contribution in [0.1, 0.15) is 25.7 Å². The minimum atomic E-state index is 0.861. The molecule has 3 heterocycles. The van der Waals surface area contributed by atoms with Crippen LogP contribution in [0.15, 0.2) is 0 Å². The predicted octanol–water partition coefficient (Wildman–Crippen LogP) is 0.585. The molecule has 3 unspecified atom stereocenters. The molecule has 3 rings (SSSR count). The first kappa shape index (κ1) is 6.44. The summed E-state index contributed by atoms with van der Waals surface area (Å²) in [4.78, 5) is 2.75. The van der Waals surface area contributed by atoms with Crippen LogP contribution in [-0.2, 0) is 0 Å². The van der Waals surface area contributed by atoms with Gasteiger partial charge in [0, 0.05) is 18.1 Å². The van der Waals surface area contributed by atoms with E-state index < -0.39 is 0 Å². The van der Waals surface area contributed by atoms with Crippen molar-refractivity contribution in [1.29, 1.82) is 0 Å². The van der Waals surface area contributed by atoms with Crippen LogP contribution in [0.5, 0.6) is 0 Å². The van der Waals surface area contributed by atoms with E-state index in [2.05, 4.69) is 10.2 Å². The molecule has 1 N–H and O–H groups in total. The number of hydrogen-bond acceptors (Lipinski definition) is 2. The lowest BCUT2D eigenvalue weighted by Gasteiger charge is -2.21. The van der Waals surface area contributed by atoms with Gasteiger partial charge in [-0.1, -0.05) is 0 Å². The molecule has 0 amide bonds. The van der Waals surface area contributed by atoms with Crippen molar-refractivity contribution in [3.05, 3.63) is 0 Å². The van der Waals surface area contributed by atoms with Crippen molar-refractivity contribution < 1.29 is 0 Å². The van der Waals surface area contributed by atoms with Crippen LogP contribution in [-0.4, -0.2) is 36.1 Å². The molecular weight excluding hydrogens is 136 g/mol. The quantitative estimate of drug-likeness (QED) is 0.546. The maximum Gasteiger partial charge on any atom is 0.0264 e. The summed E-state index contributed by atoms with van der Waals surface area (Å²) in [6, 6.07) is 2.74. The summed E-state index contributed by atoms with van der Waals surface area (Å²) in [6.07, 6.45) is 5.76. The van der Waals surface area contributed by atoms with Crippen LogP contribution in [0.3, 0.4) is 0 Å². The van der Waals surface area contributed by atoms with Crippen LogP contribution in [0.25, 0.3) is 0 Å². The van der Waals surface area contributed by atoms with Gasteiger partial charge in [-0.05, 0) is 38.8 Å². The van der Waals surface area contributed by atoms with E-state index >= 15 is 0 Å². The Labute approximate surface area is 68.0 Å². The highest BCUT2D eigenvalue weighted by Gasteiger charge is 2.44. The van der Waals surface area contributed by atoms with Gasteiger partial charge in [-0.2, -0.15) is 0 Å². The summed E-state index contributed by atoms with van der Waals surface area (Å²) in [6.45, 7) is 2.64. The van der Waals surface area contributed by atoms with E-state index in [9.17, 15) is 0 Å². The Morgan fingerprint density at radius 2 is 2.27 bits per heavy atom. The van der Waals surface area contributed by atoms with Crippen molar-refractivity contribution in [3.8, 4) is 0 Å². The van der Waals surface area contributed by atoms with Crippen LogP contribution in [0.2, 0.25) is 0 Å². The first-order chi connectivity index (χ1) is 5.45. The van der Waals surface area contributed by atoms with Crippen LogP contribution >= 0.6 is 0 Å². The molecule has 3 aliphatic rings. The van der Waals surface area contributed by atoms with E-state index in [-0.39, 0.29) is 0 Å². The van der Waals surface area contributed by atoms with Crippen LogP contribution in [0.4, 0.5) is 0 Å². The topological polar surface area (TPSA) is 15.3 Å². The smallest absolute Gasteiger partial charge is 0.0264 e. The van der Waals surface area contributed by atoms with E-state index in [0.29, 0.717) is 0 Å². The number of rotatable bonds is 0. The monoisotopic (exact) mass is 152 g/mol. The Hall–Kier alpha value is -0.0800. The van der Waals surface area contributed by atoms with Crippen molar-refractivity contribution in [3.63, 3.8) is 0 Å². The maximum atomic E-state index is 3.61. The normalized spacial score (nSPS) is 49.6. The van der Waals surface area contributed by atoms with E-state index in [4.69, 9.17) is 0 Å². The molecule has 3 aliphatic heterocycles. The van der Waals surface area contributed by atoms with Crippen molar-refractivity contribution in [2.75, 3.05) is 13.1 Å². The van der Waals surface area contributed by atoms with Crippen LogP contribution in [0, 0.1) is 0 Å². The Morgan fingerprint density at radius 3 is 3.27 bits per heavy atom. The Morgan fingerprint density at radius 1 is 1.27 bits per heavy atom. The molecule has 0 bridgehead atoms. The number of hydrogen-bond donors (Lipinski definition) is 1. The van der Waals surface area contributed by atoms with E-state index in [1.165, 1.54) is 38.8 Å². The van der Waals surface area contributed by atoms with Gasteiger partial charge in [0.25, 0.3) is 0 Å². The van der Waals surface area contributed by atoms with Gasteiger partial charge < -0.3 is 5.32 Å². The second kappa shape index (κ2) is 2.20.